The maximum absolute atomic E-state index is 13.1. The van der Waals surface area contributed by atoms with E-state index in [1.165, 1.54) is 12.8 Å². The fourth-order valence-corrected chi connectivity index (χ4v) is 6.52. The fourth-order valence-electron chi connectivity index (χ4n) is 6.06. The van der Waals surface area contributed by atoms with Gasteiger partial charge in [0.15, 0.2) is 17.6 Å². The number of rotatable bonds is 3. The fraction of sp³-hybridized carbons (Fsp3) is 0.682. The van der Waals surface area contributed by atoms with Crippen LogP contribution in [0.1, 0.15) is 50.7 Å². The van der Waals surface area contributed by atoms with E-state index in [0.717, 1.165) is 36.6 Å². The van der Waals surface area contributed by atoms with Crippen LogP contribution in [0.15, 0.2) is 10.5 Å². The van der Waals surface area contributed by atoms with Crippen LogP contribution < -0.4 is 10.1 Å². The average molecular weight is 465 g/mol. The first-order valence-electron chi connectivity index (χ1n) is 10.8. The molecular weight excluding hydrogens is 436 g/mol. The highest BCUT2D eigenvalue weighted by atomic mass is 79.9. The number of nitrogens with one attached hydrogen (secondary N) is 1. The van der Waals surface area contributed by atoms with Gasteiger partial charge in [0, 0.05) is 24.7 Å². The molecule has 2 saturated heterocycles. The number of aromatic hydroxyl groups is 1. The van der Waals surface area contributed by atoms with Crippen molar-refractivity contribution in [3.8, 4) is 11.5 Å². The first-order chi connectivity index (χ1) is 13.8. The Morgan fingerprint density at radius 3 is 2.83 bits per heavy atom. The SMILES string of the molecule is CCc1cc(Br)c(O)c2c1[C@]13CCN(CC4CC4)[C@H](C)[C@]1(O)CCNC(=O)[C@@H]3O2. The molecule has 3 N–H and O–H groups in total. The van der Waals surface area contributed by atoms with Crippen LogP contribution in [-0.4, -0.2) is 58.4 Å². The first-order valence-corrected chi connectivity index (χ1v) is 11.6. The van der Waals surface area contributed by atoms with Crippen LogP contribution in [0.3, 0.4) is 0 Å². The minimum Gasteiger partial charge on any atom is -0.503 e. The van der Waals surface area contributed by atoms with Crippen LogP contribution >= 0.6 is 15.9 Å². The lowest BCUT2D eigenvalue weighted by atomic mass is 9.56. The van der Waals surface area contributed by atoms with E-state index in [-0.39, 0.29) is 17.7 Å². The zero-order chi connectivity index (χ0) is 20.6. The summed E-state index contributed by atoms with van der Waals surface area (Å²) >= 11 is 3.42. The lowest BCUT2D eigenvalue weighted by molar-refractivity contribution is -0.160. The lowest BCUT2D eigenvalue weighted by Crippen LogP contribution is -2.71. The van der Waals surface area contributed by atoms with Gasteiger partial charge in [-0.1, -0.05) is 6.92 Å². The molecule has 3 aliphatic heterocycles. The van der Waals surface area contributed by atoms with Crippen molar-refractivity contribution in [3.63, 3.8) is 0 Å². The Labute approximate surface area is 179 Å². The smallest absolute Gasteiger partial charge is 0.262 e. The standard InChI is InChI=1S/C22H29BrN2O4/c1-3-14-10-15(23)17(26)18-16(14)21-7-9-25(11-13-4-5-13)12(2)22(21,28)6-8-24-20(27)19(21)29-18/h10,12-13,19,26,28H,3-9,11H2,1-2H3,(H,24,27)/t12-,19+,21+,22-/m1/s1. The molecule has 3 fully saturated rings. The molecule has 4 atom stereocenters. The Hall–Kier alpha value is -1.31. The highest BCUT2D eigenvalue weighted by molar-refractivity contribution is 9.10. The van der Waals surface area contributed by atoms with Gasteiger partial charge in [0.25, 0.3) is 5.91 Å². The van der Waals surface area contributed by atoms with Gasteiger partial charge in [-0.05, 0) is 79.1 Å². The number of aliphatic hydroxyl groups is 1. The molecule has 6 nitrogen and oxygen atoms in total. The number of fused-ring (bicyclic) bond motifs is 1. The number of aryl methyl sites for hydroxylation is 1. The quantitative estimate of drug-likeness (QED) is 0.639. The summed E-state index contributed by atoms with van der Waals surface area (Å²) in [7, 11) is 0. The number of carbonyl (C=O) groups is 1. The minimum atomic E-state index is -1.13. The predicted molar refractivity (Wildman–Crippen MR) is 112 cm³/mol. The zero-order valence-electron chi connectivity index (χ0n) is 17.0. The van der Waals surface area contributed by atoms with Crippen LogP contribution in [0.5, 0.6) is 11.5 Å². The van der Waals surface area contributed by atoms with Gasteiger partial charge in [-0.15, -0.1) is 0 Å². The topological polar surface area (TPSA) is 82.0 Å². The van der Waals surface area contributed by atoms with E-state index in [0.29, 0.717) is 29.6 Å². The maximum atomic E-state index is 13.1. The number of piperidine rings is 1. The second-order valence-electron chi connectivity index (χ2n) is 9.22. The second-order valence-corrected chi connectivity index (χ2v) is 10.1. The van der Waals surface area contributed by atoms with Crippen molar-refractivity contribution in [3.05, 3.63) is 21.7 Å². The average Bonchev–Trinajstić information content (AvgIpc) is 3.46. The summed E-state index contributed by atoms with van der Waals surface area (Å²) in [5.74, 6) is 0.912. The van der Waals surface area contributed by atoms with E-state index in [2.05, 4.69) is 40.0 Å². The number of benzene rings is 1. The predicted octanol–water partition coefficient (Wildman–Crippen LogP) is 2.47. The second kappa shape index (κ2) is 6.59. The summed E-state index contributed by atoms with van der Waals surface area (Å²) in [4.78, 5) is 15.5. The van der Waals surface area contributed by atoms with Gasteiger partial charge in [-0.3, -0.25) is 9.69 Å². The van der Waals surface area contributed by atoms with Crippen LogP contribution in [0, 0.1) is 5.92 Å². The zero-order valence-corrected chi connectivity index (χ0v) is 18.6. The number of ether oxygens (including phenoxy) is 1. The number of halogens is 1. The van der Waals surface area contributed by atoms with Gasteiger partial charge in [-0.25, -0.2) is 0 Å². The largest absolute Gasteiger partial charge is 0.503 e. The molecule has 0 bridgehead atoms. The summed E-state index contributed by atoms with van der Waals surface area (Å²) in [5, 5.41) is 26.1. The Balaban J connectivity index is 1.71. The summed E-state index contributed by atoms with van der Waals surface area (Å²) in [6.45, 7) is 6.40. The lowest BCUT2D eigenvalue weighted by Gasteiger charge is -2.56. The van der Waals surface area contributed by atoms with Crippen LogP contribution in [-0.2, 0) is 16.6 Å². The molecule has 1 spiro atoms. The Morgan fingerprint density at radius 1 is 1.38 bits per heavy atom. The molecule has 0 unspecified atom stereocenters. The molecule has 4 aliphatic rings. The molecule has 1 amide bonds. The number of phenolic OH excluding ortho intramolecular Hbond substituents is 1. The number of phenols is 1. The highest BCUT2D eigenvalue weighted by Gasteiger charge is 2.69. The highest BCUT2D eigenvalue weighted by Crippen LogP contribution is 2.61. The monoisotopic (exact) mass is 464 g/mol. The van der Waals surface area contributed by atoms with Crippen LogP contribution in [0.4, 0.5) is 0 Å². The first kappa shape index (κ1) is 19.6. The molecule has 5 rings (SSSR count). The number of nitrogens with zero attached hydrogens (tertiary/aromatic N) is 1. The molecule has 3 heterocycles. The molecule has 0 aromatic heterocycles. The van der Waals surface area contributed by atoms with E-state index in [1.54, 1.807) is 0 Å². The van der Waals surface area contributed by atoms with E-state index < -0.39 is 17.1 Å². The van der Waals surface area contributed by atoms with Crippen molar-refractivity contribution >= 4 is 21.8 Å². The third-order valence-electron chi connectivity index (χ3n) is 7.84. The minimum absolute atomic E-state index is 0.0165. The molecule has 1 aromatic rings. The van der Waals surface area contributed by atoms with Crippen molar-refractivity contribution < 1.29 is 19.7 Å². The van der Waals surface area contributed by atoms with E-state index >= 15 is 0 Å². The Morgan fingerprint density at radius 2 is 2.14 bits per heavy atom. The van der Waals surface area contributed by atoms with Gasteiger partial charge in [0.05, 0.1) is 15.5 Å². The molecule has 29 heavy (non-hydrogen) atoms. The van der Waals surface area contributed by atoms with Crippen molar-refractivity contribution in [2.24, 2.45) is 5.92 Å². The molecule has 1 aromatic carbocycles. The Bertz CT molecular complexity index is 873. The Kier molecular flexibility index (Phi) is 4.47. The van der Waals surface area contributed by atoms with Crippen molar-refractivity contribution in [2.45, 2.75) is 69.1 Å². The third kappa shape index (κ3) is 2.56. The molecule has 7 heteroatoms. The van der Waals surface area contributed by atoms with Crippen molar-refractivity contribution in [2.75, 3.05) is 19.6 Å². The van der Waals surface area contributed by atoms with Gasteiger partial charge in [0.1, 0.15) is 0 Å². The molecule has 158 valence electrons. The molecule has 1 aliphatic carbocycles. The summed E-state index contributed by atoms with van der Waals surface area (Å²) in [6, 6.07) is 1.82. The number of amides is 1. The number of hydrogen-bond donors (Lipinski definition) is 3. The van der Waals surface area contributed by atoms with Gasteiger partial charge in [0.2, 0.25) is 0 Å². The van der Waals surface area contributed by atoms with E-state index in [4.69, 9.17) is 4.74 Å². The summed E-state index contributed by atoms with van der Waals surface area (Å²) in [6.07, 6.45) is 3.55. The van der Waals surface area contributed by atoms with E-state index in [9.17, 15) is 15.0 Å². The van der Waals surface area contributed by atoms with Gasteiger partial charge in [-0.2, -0.15) is 0 Å². The molecule has 0 radical (unpaired) electrons. The molecular formula is C22H29BrN2O4. The maximum Gasteiger partial charge on any atom is 0.262 e. The van der Waals surface area contributed by atoms with Gasteiger partial charge < -0.3 is 20.3 Å². The van der Waals surface area contributed by atoms with Crippen molar-refractivity contribution in [1.82, 2.24) is 10.2 Å². The molecule has 1 saturated carbocycles. The summed E-state index contributed by atoms with van der Waals surface area (Å²) in [5.41, 5.74) is -0.128. The van der Waals surface area contributed by atoms with E-state index in [1.807, 2.05) is 6.07 Å². The number of hydrogen-bond acceptors (Lipinski definition) is 5. The summed E-state index contributed by atoms with van der Waals surface area (Å²) < 4.78 is 6.75. The number of likely N-dealkylation sites (tertiary alicyclic amines) is 1. The third-order valence-corrected chi connectivity index (χ3v) is 8.44. The van der Waals surface area contributed by atoms with Crippen LogP contribution in [0.2, 0.25) is 0 Å². The van der Waals surface area contributed by atoms with Crippen LogP contribution in [0.25, 0.3) is 0 Å². The van der Waals surface area contributed by atoms with Crippen molar-refractivity contribution in [1.29, 1.82) is 0 Å². The normalized spacial score (nSPS) is 36.5. The number of carbonyl (C=O) groups excluding carboxylic acids is 1. The van der Waals surface area contributed by atoms with Gasteiger partial charge >= 0.3 is 0 Å².